The van der Waals surface area contributed by atoms with Gasteiger partial charge in [0.25, 0.3) is 0 Å². The molecular formula is C28H37Cl3O8S. The minimum Gasteiger partial charge on any atom is -0.490 e. The highest BCUT2D eigenvalue weighted by atomic mass is 35.5. The minimum absolute atomic E-state index is 0.0309. The van der Waals surface area contributed by atoms with Crippen LogP contribution < -0.4 is 4.74 Å². The Bertz CT molecular complexity index is 1200. The summed E-state index contributed by atoms with van der Waals surface area (Å²) in [5.74, 6) is -0.792. The summed E-state index contributed by atoms with van der Waals surface area (Å²) in [5.41, 5.74) is 1.33. The topological polar surface area (TPSA) is 105 Å². The Morgan fingerprint density at radius 3 is 2.02 bits per heavy atom. The van der Waals surface area contributed by atoms with Gasteiger partial charge in [0.15, 0.2) is 15.6 Å². The highest BCUT2D eigenvalue weighted by Crippen LogP contribution is 2.34. The second-order valence-corrected chi connectivity index (χ2v) is 13.1. The molecule has 0 aliphatic rings. The molecule has 0 radical (unpaired) electrons. The van der Waals surface area contributed by atoms with E-state index in [1.165, 1.54) is 20.8 Å². The van der Waals surface area contributed by atoms with E-state index in [2.05, 4.69) is 6.58 Å². The molecule has 0 aliphatic carbocycles. The minimum atomic E-state index is -3.37. The van der Waals surface area contributed by atoms with Crippen LogP contribution in [0, 0.1) is 0 Å². The van der Waals surface area contributed by atoms with Gasteiger partial charge in [-0.1, -0.05) is 68.3 Å². The highest BCUT2D eigenvalue weighted by molar-refractivity contribution is 7.91. The average molecular weight is 640 g/mol. The van der Waals surface area contributed by atoms with Gasteiger partial charge in [0, 0.05) is 25.0 Å². The molecule has 0 aromatic heterocycles. The zero-order chi connectivity index (χ0) is 30.7. The summed E-state index contributed by atoms with van der Waals surface area (Å²) in [6, 6.07) is 7.24. The lowest BCUT2D eigenvalue weighted by Gasteiger charge is -2.27. The molecular weight excluding hydrogens is 603 g/mol. The molecule has 0 heterocycles. The van der Waals surface area contributed by atoms with Gasteiger partial charge in [-0.2, -0.15) is 0 Å². The van der Waals surface area contributed by atoms with Crippen molar-refractivity contribution in [1.29, 1.82) is 0 Å². The molecule has 40 heavy (non-hydrogen) atoms. The van der Waals surface area contributed by atoms with Crippen LogP contribution in [0.5, 0.6) is 5.75 Å². The van der Waals surface area contributed by atoms with Crippen molar-refractivity contribution in [2.75, 3.05) is 30.6 Å². The van der Waals surface area contributed by atoms with Crippen LogP contribution in [0.15, 0.2) is 58.3 Å². The van der Waals surface area contributed by atoms with E-state index in [-0.39, 0.29) is 46.4 Å². The first kappa shape index (κ1) is 35.8. The van der Waals surface area contributed by atoms with Crippen molar-refractivity contribution >= 4 is 56.6 Å². The molecule has 0 fully saturated rings. The Balaban J connectivity index is 3.06. The summed E-state index contributed by atoms with van der Waals surface area (Å²) >= 11 is 18.5. The monoisotopic (exact) mass is 638 g/mol. The second-order valence-electron chi connectivity index (χ2n) is 9.50. The van der Waals surface area contributed by atoms with Crippen LogP contribution in [-0.4, -0.2) is 63.2 Å². The van der Waals surface area contributed by atoms with Gasteiger partial charge < -0.3 is 18.9 Å². The molecule has 0 bridgehead atoms. The summed E-state index contributed by atoms with van der Waals surface area (Å²) in [5, 5.41) is 0.281. The number of carbonyl (C=O) groups is 2. The first-order valence-electron chi connectivity index (χ1n) is 12.4. The number of sulfone groups is 1. The predicted molar refractivity (Wildman–Crippen MR) is 159 cm³/mol. The van der Waals surface area contributed by atoms with E-state index in [0.717, 1.165) is 11.1 Å². The molecule has 1 rings (SSSR count). The molecule has 0 aliphatic heterocycles. The number of ether oxygens (including phenoxy) is 4. The molecule has 12 heteroatoms. The maximum Gasteiger partial charge on any atom is 0.303 e. The maximum atomic E-state index is 12.0. The van der Waals surface area contributed by atoms with Crippen LogP contribution >= 0.6 is 34.8 Å². The zero-order valence-electron chi connectivity index (χ0n) is 23.6. The number of allylic oxidation sites excluding steroid dienone is 4. The quantitative estimate of drug-likeness (QED) is 0.0933. The Labute approximate surface area is 252 Å². The Morgan fingerprint density at radius 2 is 1.55 bits per heavy atom. The molecule has 8 nitrogen and oxygen atoms in total. The smallest absolute Gasteiger partial charge is 0.303 e. The summed E-state index contributed by atoms with van der Waals surface area (Å²) in [7, 11) is -3.37. The van der Waals surface area contributed by atoms with Crippen LogP contribution in [0.1, 0.15) is 47.1 Å². The molecule has 0 amide bonds. The molecule has 0 saturated heterocycles. The number of halogens is 3. The number of carbonyl (C=O) groups excluding carboxylic acids is 2. The Kier molecular flexibility index (Phi) is 14.6. The lowest BCUT2D eigenvalue weighted by molar-refractivity contribution is -0.147. The van der Waals surface area contributed by atoms with E-state index in [1.54, 1.807) is 18.2 Å². The van der Waals surface area contributed by atoms with E-state index in [0.29, 0.717) is 5.75 Å². The average Bonchev–Trinajstić information content (AvgIpc) is 2.85. The molecule has 1 aromatic rings. The summed E-state index contributed by atoms with van der Waals surface area (Å²) < 4.78 is 45.6. The number of esters is 2. The first-order chi connectivity index (χ1) is 18.5. The number of benzene rings is 1. The molecule has 2 atom stereocenters. The van der Waals surface area contributed by atoms with Crippen molar-refractivity contribution in [3.8, 4) is 5.75 Å². The van der Waals surface area contributed by atoms with Crippen molar-refractivity contribution < 1.29 is 37.0 Å². The largest absolute Gasteiger partial charge is 0.490 e. The fourth-order valence-corrected chi connectivity index (χ4v) is 5.03. The van der Waals surface area contributed by atoms with Crippen LogP contribution in [0.3, 0.4) is 0 Å². The third kappa shape index (κ3) is 12.1. The third-order valence-electron chi connectivity index (χ3n) is 5.93. The summed E-state index contributed by atoms with van der Waals surface area (Å²) in [4.78, 5) is 22.6. The molecule has 0 N–H and O–H groups in total. The zero-order valence-corrected chi connectivity index (χ0v) is 26.7. The fraction of sp³-hybridized carbons (Fsp3) is 0.500. The van der Waals surface area contributed by atoms with Gasteiger partial charge in [0.1, 0.15) is 31.2 Å². The van der Waals surface area contributed by atoms with Crippen LogP contribution in [0.2, 0.25) is 0 Å². The van der Waals surface area contributed by atoms with Gasteiger partial charge >= 0.3 is 11.9 Å². The summed E-state index contributed by atoms with van der Waals surface area (Å²) in [6.07, 6.45) is 0.116. The van der Waals surface area contributed by atoms with E-state index in [9.17, 15) is 18.0 Å². The van der Waals surface area contributed by atoms with Gasteiger partial charge in [0.05, 0.1) is 21.7 Å². The van der Waals surface area contributed by atoms with Crippen molar-refractivity contribution in [3.05, 3.63) is 63.9 Å². The molecule has 224 valence electrons. The lowest BCUT2D eigenvalue weighted by Crippen LogP contribution is -2.32. The van der Waals surface area contributed by atoms with Crippen molar-refractivity contribution in [2.45, 2.75) is 59.2 Å². The number of rotatable bonds is 16. The predicted octanol–water partition coefficient (Wildman–Crippen LogP) is 6.05. The normalized spacial score (nSPS) is 14.5. The lowest BCUT2D eigenvalue weighted by atomic mass is 9.78. The van der Waals surface area contributed by atoms with Crippen LogP contribution in [0.25, 0.3) is 0 Å². The maximum absolute atomic E-state index is 12.0. The van der Waals surface area contributed by atoms with E-state index >= 15 is 0 Å². The number of hydrogen-bond acceptors (Lipinski definition) is 8. The highest BCUT2D eigenvalue weighted by Gasteiger charge is 2.25. The van der Waals surface area contributed by atoms with E-state index in [1.807, 2.05) is 32.9 Å². The molecule has 0 saturated carbocycles. The molecule has 0 spiro atoms. The second kappa shape index (κ2) is 16.3. The van der Waals surface area contributed by atoms with Crippen molar-refractivity contribution in [2.24, 2.45) is 0 Å². The molecule has 0 unspecified atom stereocenters. The SMILES string of the molecule is C=C(Cl)/C(OC[C@H](CCl)OC(C)=O)=C(Cl)\C=C(/C)C(C)(C)c1ccc(OC[C@@H](CS(=O)(=O)CC)OC(C)=O)cc1. The van der Waals surface area contributed by atoms with Gasteiger partial charge in [-0.3, -0.25) is 9.59 Å². The Morgan fingerprint density at radius 1 is 1.00 bits per heavy atom. The number of alkyl halides is 1. The molecule has 1 aromatic carbocycles. The fourth-order valence-electron chi connectivity index (χ4n) is 3.37. The number of hydrogen-bond donors (Lipinski definition) is 0. The van der Waals surface area contributed by atoms with Gasteiger partial charge in [-0.25, -0.2) is 8.42 Å². The standard InChI is InChI=1S/C28H37Cl3O8S/c1-8-40(34,35)17-25(39-21(5)33)16-36-23-11-9-22(10-12-23)28(6,7)18(2)13-26(31)27(19(3)30)37-15-24(14-29)38-20(4)32/h9-13,24-25H,3,8,14-17H2,1-2,4-7H3/b18-13+,27-26-/t24-,25-/m0/s1. The van der Waals surface area contributed by atoms with E-state index < -0.39 is 39.4 Å². The van der Waals surface area contributed by atoms with Gasteiger partial charge in [0.2, 0.25) is 0 Å². The van der Waals surface area contributed by atoms with Gasteiger partial charge in [-0.15, -0.1) is 11.6 Å². The van der Waals surface area contributed by atoms with Crippen molar-refractivity contribution in [3.63, 3.8) is 0 Å². The summed E-state index contributed by atoms with van der Waals surface area (Å²) in [6.45, 7) is 13.5. The van der Waals surface area contributed by atoms with Crippen molar-refractivity contribution in [1.82, 2.24) is 0 Å². The van der Waals surface area contributed by atoms with Gasteiger partial charge in [-0.05, 0) is 30.7 Å². The first-order valence-corrected chi connectivity index (χ1v) is 15.5. The van der Waals surface area contributed by atoms with Crippen LogP contribution in [-0.2, 0) is 39.1 Å². The van der Waals surface area contributed by atoms with E-state index in [4.69, 9.17) is 53.8 Å². The third-order valence-corrected chi connectivity index (χ3v) is 8.49. The Hall–Kier alpha value is -2.20. The van der Waals surface area contributed by atoms with Crippen LogP contribution in [0.4, 0.5) is 0 Å².